The molecule has 1 aliphatic rings. The molecule has 0 bridgehead atoms. The van der Waals surface area contributed by atoms with Crippen molar-refractivity contribution in [3.05, 3.63) is 64.7 Å². The highest BCUT2D eigenvalue weighted by molar-refractivity contribution is 6.31. The van der Waals surface area contributed by atoms with E-state index in [0.717, 1.165) is 10.5 Å². The van der Waals surface area contributed by atoms with Crippen LogP contribution >= 0.6 is 11.6 Å². The molecule has 2 N–H and O–H groups in total. The fourth-order valence-corrected chi connectivity index (χ4v) is 3.38. The van der Waals surface area contributed by atoms with Crippen molar-refractivity contribution in [1.82, 2.24) is 10.2 Å². The van der Waals surface area contributed by atoms with Gasteiger partial charge in [0.2, 0.25) is 5.91 Å². The normalized spacial score (nSPS) is 19.1. The summed E-state index contributed by atoms with van der Waals surface area (Å²) < 4.78 is 0. The predicted octanol–water partition coefficient (Wildman–Crippen LogP) is 3.44. The van der Waals surface area contributed by atoms with Crippen molar-refractivity contribution >= 4 is 35.1 Å². The van der Waals surface area contributed by atoms with Crippen molar-refractivity contribution in [2.45, 2.75) is 25.8 Å². The van der Waals surface area contributed by atoms with E-state index >= 15 is 0 Å². The fourth-order valence-electron chi connectivity index (χ4n) is 3.21. The number of anilines is 1. The van der Waals surface area contributed by atoms with Crippen LogP contribution in [-0.4, -0.2) is 29.3 Å². The highest BCUT2D eigenvalue weighted by Gasteiger charge is 2.51. The molecule has 2 aromatic carbocycles. The third kappa shape index (κ3) is 3.40. The molecule has 0 aromatic heterocycles. The van der Waals surface area contributed by atoms with Crippen LogP contribution < -0.4 is 10.6 Å². The molecular formula is C20H20ClN3O3. The summed E-state index contributed by atoms with van der Waals surface area (Å²) in [5.41, 5.74) is 0.811. The van der Waals surface area contributed by atoms with Gasteiger partial charge < -0.3 is 10.6 Å². The predicted molar refractivity (Wildman–Crippen MR) is 103 cm³/mol. The van der Waals surface area contributed by atoms with E-state index in [0.29, 0.717) is 22.7 Å². The number of urea groups is 1. The van der Waals surface area contributed by atoms with Gasteiger partial charge >= 0.3 is 6.03 Å². The molecule has 0 aliphatic carbocycles. The molecule has 4 amide bonds. The number of hydrogen-bond acceptors (Lipinski definition) is 3. The second kappa shape index (κ2) is 7.40. The number of benzene rings is 2. The minimum absolute atomic E-state index is 0.370. The maximum atomic E-state index is 13.0. The minimum atomic E-state index is -1.15. The van der Waals surface area contributed by atoms with E-state index in [1.807, 2.05) is 25.1 Å². The van der Waals surface area contributed by atoms with E-state index in [9.17, 15) is 14.4 Å². The summed E-state index contributed by atoms with van der Waals surface area (Å²) in [5, 5.41) is 5.99. The molecule has 1 saturated heterocycles. The number of nitrogens with one attached hydrogen (secondary N) is 2. The lowest BCUT2D eigenvalue weighted by molar-refractivity contribution is -0.134. The Morgan fingerprint density at radius 1 is 1.15 bits per heavy atom. The molecule has 140 valence electrons. The Bertz CT molecular complexity index is 901. The van der Waals surface area contributed by atoms with Gasteiger partial charge in [0.15, 0.2) is 0 Å². The number of carbonyl (C=O) groups excluding carboxylic acids is 3. The van der Waals surface area contributed by atoms with Gasteiger partial charge in [0.1, 0.15) is 12.1 Å². The first-order chi connectivity index (χ1) is 12.9. The maximum absolute atomic E-state index is 13.0. The summed E-state index contributed by atoms with van der Waals surface area (Å²) >= 11 is 6.06. The zero-order valence-electron chi connectivity index (χ0n) is 15.1. The summed E-state index contributed by atoms with van der Waals surface area (Å²) in [6, 6.07) is 13.6. The number of hydrogen-bond donors (Lipinski definition) is 2. The standard InChI is InChI=1S/C20H20ClN3O3/c1-3-20(14-8-5-4-6-9-14)18(26)24(19(27)23-20)12-17(25)22-16-11-7-10-15(21)13(16)2/h4-11H,3,12H2,1-2H3,(H,22,25)(H,23,27). The molecule has 3 rings (SSSR count). The highest BCUT2D eigenvalue weighted by atomic mass is 35.5. The number of amides is 4. The van der Waals surface area contributed by atoms with Gasteiger partial charge in [0.25, 0.3) is 5.91 Å². The molecule has 27 heavy (non-hydrogen) atoms. The van der Waals surface area contributed by atoms with Gasteiger partial charge in [-0.1, -0.05) is 54.9 Å². The third-order valence-electron chi connectivity index (χ3n) is 4.82. The van der Waals surface area contributed by atoms with E-state index in [2.05, 4.69) is 10.6 Å². The minimum Gasteiger partial charge on any atom is -0.324 e. The molecule has 1 fully saturated rings. The summed E-state index contributed by atoms with van der Waals surface area (Å²) in [6.07, 6.45) is 0.382. The van der Waals surface area contributed by atoms with Gasteiger partial charge in [-0.25, -0.2) is 4.79 Å². The van der Waals surface area contributed by atoms with E-state index in [-0.39, 0.29) is 6.54 Å². The Labute approximate surface area is 162 Å². The maximum Gasteiger partial charge on any atom is 0.325 e. The van der Waals surface area contributed by atoms with Crippen molar-refractivity contribution in [3.63, 3.8) is 0 Å². The molecule has 6 nitrogen and oxygen atoms in total. The molecule has 7 heteroatoms. The van der Waals surface area contributed by atoms with Crippen LogP contribution in [0.2, 0.25) is 5.02 Å². The Kier molecular flexibility index (Phi) is 5.19. The van der Waals surface area contributed by atoms with Gasteiger partial charge in [-0.15, -0.1) is 0 Å². The Balaban J connectivity index is 1.79. The van der Waals surface area contributed by atoms with Crippen LogP contribution in [0.15, 0.2) is 48.5 Å². The molecule has 1 unspecified atom stereocenters. The second-order valence-corrected chi connectivity index (χ2v) is 6.81. The molecule has 2 aromatic rings. The van der Waals surface area contributed by atoms with Gasteiger partial charge in [0, 0.05) is 10.7 Å². The third-order valence-corrected chi connectivity index (χ3v) is 5.23. The average Bonchev–Trinajstić information content (AvgIpc) is 2.91. The van der Waals surface area contributed by atoms with Gasteiger partial charge in [-0.05, 0) is 36.6 Å². The lowest BCUT2D eigenvalue weighted by atomic mass is 9.87. The molecule has 0 spiro atoms. The highest BCUT2D eigenvalue weighted by Crippen LogP contribution is 2.32. The van der Waals surface area contributed by atoms with Crippen LogP contribution in [0.25, 0.3) is 0 Å². The monoisotopic (exact) mass is 385 g/mol. The molecule has 0 radical (unpaired) electrons. The van der Waals surface area contributed by atoms with Crippen molar-refractivity contribution in [2.24, 2.45) is 0 Å². The van der Waals surface area contributed by atoms with Crippen LogP contribution in [0.3, 0.4) is 0 Å². The smallest absolute Gasteiger partial charge is 0.324 e. The molecule has 0 saturated carbocycles. The average molecular weight is 386 g/mol. The number of imide groups is 1. The Morgan fingerprint density at radius 2 is 1.85 bits per heavy atom. The van der Waals surface area contributed by atoms with Gasteiger partial charge in [-0.3, -0.25) is 14.5 Å². The summed E-state index contributed by atoms with van der Waals surface area (Å²) in [5.74, 6) is -0.900. The van der Waals surface area contributed by atoms with Gasteiger partial charge in [-0.2, -0.15) is 0 Å². The largest absolute Gasteiger partial charge is 0.325 e. The second-order valence-electron chi connectivity index (χ2n) is 6.41. The lowest BCUT2D eigenvalue weighted by Crippen LogP contribution is -2.44. The first kappa shape index (κ1) is 18.9. The first-order valence-electron chi connectivity index (χ1n) is 8.63. The van der Waals surface area contributed by atoms with Crippen LogP contribution in [-0.2, 0) is 15.1 Å². The van der Waals surface area contributed by atoms with E-state index < -0.39 is 23.4 Å². The molecule has 1 atom stereocenters. The van der Waals surface area contributed by atoms with E-state index in [1.165, 1.54) is 0 Å². The quantitative estimate of drug-likeness (QED) is 0.774. The zero-order chi connectivity index (χ0) is 19.6. The SMILES string of the molecule is CCC1(c2ccccc2)NC(=O)N(CC(=O)Nc2cccc(Cl)c2C)C1=O. The lowest BCUT2D eigenvalue weighted by Gasteiger charge is -2.25. The molecular weight excluding hydrogens is 366 g/mol. The summed E-state index contributed by atoms with van der Waals surface area (Å²) in [4.78, 5) is 38.8. The molecule has 1 aliphatic heterocycles. The van der Waals surface area contributed by atoms with Crippen LogP contribution in [0.1, 0.15) is 24.5 Å². The van der Waals surface area contributed by atoms with Crippen molar-refractivity contribution < 1.29 is 14.4 Å². The van der Waals surface area contributed by atoms with E-state index in [4.69, 9.17) is 11.6 Å². The van der Waals surface area contributed by atoms with Gasteiger partial charge in [0.05, 0.1) is 0 Å². The van der Waals surface area contributed by atoms with Crippen LogP contribution in [0.5, 0.6) is 0 Å². The number of nitrogens with zero attached hydrogens (tertiary/aromatic N) is 1. The van der Waals surface area contributed by atoms with Crippen molar-refractivity contribution in [2.75, 3.05) is 11.9 Å². The van der Waals surface area contributed by atoms with E-state index in [1.54, 1.807) is 37.3 Å². The Hall–Kier alpha value is -2.86. The molecule has 1 heterocycles. The fraction of sp³-hybridized carbons (Fsp3) is 0.250. The van der Waals surface area contributed by atoms with Crippen molar-refractivity contribution in [1.29, 1.82) is 0 Å². The number of rotatable bonds is 5. The van der Waals surface area contributed by atoms with Crippen LogP contribution in [0, 0.1) is 6.92 Å². The Morgan fingerprint density at radius 3 is 2.52 bits per heavy atom. The topological polar surface area (TPSA) is 78.5 Å². The first-order valence-corrected chi connectivity index (χ1v) is 9.01. The summed E-state index contributed by atoms with van der Waals surface area (Å²) in [7, 11) is 0. The number of halogens is 1. The summed E-state index contributed by atoms with van der Waals surface area (Å²) in [6.45, 7) is 3.23. The zero-order valence-corrected chi connectivity index (χ0v) is 15.8. The van der Waals surface area contributed by atoms with Crippen LogP contribution in [0.4, 0.5) is 10.5 Å². The van der Waals surface area contributed by atoms with Crippen molar-refractivity contribution in [3.8, 4) is 0 Å². The number of carbonyl (C=O) groups is 3.